The van der Waals surface area contributed by atoms with E-state index in [4.69, 9.17) is 4.74 Å². The Bertz CT molecular complexity index is 529. The highest BCUT2D eigenvalue weighted by Crippen LogP contribution is 2.28. The van der Waals surface area contributed by atoms with E-state index in [0.717, 1.165) is 12.8 Å². The van der Waals surface area contributed by atoms with Crippen LogP contribution in [-0.2, 0) is 4.74 Å². The van der Waals surface area contributed by atoms with Gasteiger partial charge in [0.1, 0.15) is 4.47 Å². The Hall–Kier alpha value is -1.47. The third-order valence-electron chi connectivity index (χ3n) is 3.30. The fraction of sp³-hybridized carbons (Fsp3) is 0.462. The molecule has 20 heavy (non-hydrogen) atoms. The Balaban J connectivity index is 2.13. The molecule has 0 aliphatic carbocycles. The smallest absolute Gasteiger partial charge is 0.284 e. The number of amides is 1. The van der Waals surface area contributed by atoms with Crippen molar-refractivity contribution in [2.24, 2.45) is 0 Å². The maximum absolute atomic E-state index is 12.2. The highest BCUT2D eigenvalue weighted by molar-refractivity contribution is 9.10. The molecule has 0 bridgehead atoms. The molecule has 7 heteroatoms. The van der Waals surface area contributed by atoms with Crippen LogP contribution in [0.15, 0.2) is 22.7 Å². The number of carbonyl (C=O) groups is 1. The van der Waals surface area contributed by atoms with Gasteiger partial charge in [-0.05, 0) is 41.8 Å². The Morgan fingerprint density at radius 1 is 1.60 bits per heavy atom. The van der Waals surface area contributed by atoms with Crippen molar-refractivity contribution >= 4 is 27.5 Å². The van der Waals surface area contributed by atoms with Crippen molar-refractivity contribution < 1.29 is 14.5 Å². The second-order valence-electron chi connectivity index (χ2n) is 4.71. The number of nitrogens with zero attached hydrogens (tertiary/aromatic N) is 1. The molecule has 1 saturated heterocycles. The van der Waals surface area contributed by atoms with Crippen LogP contribution in [0.4, 0.5) is 5.69 Å². The van der Waals surface area contributed by atoms with Crippen molar-refractivity contribution in [1.29, 1.82) is 0 Å². The predicted molar refractivity (Wildman–Crippen MR) is 76.7 cm³/mol. The summed E-state index contributed by atoms with van der Waals surface area (Å²) >= 11 is 3.12. The molecule has 0 radical (unpaired) electrons. The first kappa shape index (κ1) is 14.9. The van der Waals surface area contributed by atoms with Crippen LogP contribution in [0.1, 0.15) is 30.1 Å². The Kier molecular flexibility index (Phi) is 4.72. The molecule has 2 unspecified atom stereocenters. The van der Waals surface area contributed by atoms with Gasteiger partial charge in [0.2, 0.25) is 0 Å². The van der Waals surface area contributed by atoms with E-state index in [2.05, 4.69) is 21.2 Å². The SMILES string of the molecule is CC(NC(=O)c1cccc([N+](=O)[O-])c1Br)C1CCCO1. The molecule has 2 atom stereocenters. The molecular formula is C13H15BrN2O4. The predicted octanol–water partition coefficient (Wildman–Crippen LogP) is 2.65. The molecule has 1 heterocycles. The van der Waals surface area contributed by atoms with Gasteiger partial charge in [0.25, 0.3) is 11.6 Å². The first-order valence-electron chi connectivity index (χ1n) is 6.36. The number of nitro benzene ring substituents is 1. The number of hydrogen-bond donors (Lipinski definition) is 1. The number of hydrogen-bond acceptors (Lipinski definition) is 4. The lowest BCUT2D eigenvalue weighted by molar-refractivity contribution is -0.385. The van der Waals surface area contributed by atoms with Gasteiger partial charge in [0.05, 0.1) is 22.6 Å². The van der Waals surface area contributed by atoms with Crippen LogP contribution in [0.3, 0.4) is 0 Å². The van der Waals surface area contributed by atoms with Crippen molar-refractivity contribution in [3.8, 4) is 0 Å². The zero-order valence-corrected chi connectivity index (χ0v) is 12.6. The second kappa shape index (κ2) is 6.32. The average molecular weight is 343 g/mol. The van der Waals surface area contributed by atoms with E-state index in [1.165, 1.54) is 12.1 Å². The number of benzene rings is 1. The van der Waals surface area contributed by atoms with Crippen molar-refractivity contribution in [3.05, 3.63) is 38.3 Å². The van der Waals surface area contributed by atoms with Gasteiger partial charge in [0, 0.05) is 12.7 Å². The summed E-state index contributed by atoms with van der Waals surface area (Å²) < 4.78 is 5.71. The Labute approximate surface area is 124 Å². The minimum atomic E-state index is -0.523. The van der Waals surface area contributed by atoms with Crippen LogP contribution in [0.25, 0.3) is 0 Å². The van der Waals surface area contributed by atoms with Crippen molar-refractivity contribution in [2.45, 2.75) is 31.9 Å². The van der Waals surface area contributed by atoms with Crippen LogP contribution in [0.2, 0.25) is 0 Å². The van der Waals surface area contributed by atoms with Crippen LogP contribution >= 0.6 is 15.9 Å². The largest absolute Gasteiger partial charge is 0.376 e. The molecule has 0 saturated carbocycles. The molecule has 1 N–H and O–H groups in total. The van der Waals surface area contributed by atoms with Crippen LogP contribution in [-0.4, -0.2) is 29.6 Å². The molecule has 1 aliphatic heterocycles. The summed E-state index contributed by atoms with van der Waals surface area (Å²) in [5.74, 6) is -0.344. The summed E-state index contributed by atoms with van der Waals surface area (Å²) in [4.78, 5) is 22.5. The third kappa shape index (κ3) is 3.16. The molecule has 1 aromatic carbocycles. The van der Waals surface area contributed by atoms with Crippen LogP contribution in [0, 0.1) is 10.1 Å². The number of nitrogens with one attached hydrogen (secondary N) is 1. The number of nitro groups is 1. The summed E-state index contributed by atoms with van der Waals surface area (Å²) in [5, 5.41) is 13.7. The second-order valence-corrected chi connectivity index (χ2v) is 5.50. The summed E-state index contributed by atoms with van der Waals surface area (Å²) in [6.07, 6.45) is 1.92. The topological polar surface area (TPSA) is 81.5 Å². The third-order valence-corrected chi connectivity index (χ3v) is 4.13. The molecule has 1 aromatic rings. The highest BCUT2D eigenvalue weighted by atomic mass is 79.9. The Morgan fingerprint density at radius 3 is 2.95 bits per heavy atom. The molecule has 108 valence electrons. The maximum Gasteiger partial charge on any atom is 0.284 e. The lowest BCUT2D eigenvalue weighted by Gasteiger charge is -2.20. The Morgan fingerprint density at radius 2 is 2.35 bits per heavy atom. The molecule has 1 amide bonds. The van der Waals surface area contributed by atoms with Gasteiger partial charge in [-0.15, -0.1) is 0 Å². The number of halogens is 1. The minimum absolute atomic E-state index is 0.0106. The fourth-order valence-electron chi connectivity index (χ4n) is 2.21. The summed E-state index contributed by atoms with van der Waals surface area (Å²) in [6.45, 7) is 2.59. The van der Waals surface area contributed by atoms with E-state index in [1.807, 2.05) is 6.92 Å². The summed E-state index contributed by atoms with van der Waals surface area (Å²) in [5.41, 5.74) is 0.131. The number of ether oxygens (including phenoxy) is 1. The van der Waals surface area contributed by atoms with Gasteiger partial charge in [-0.3, -0.25) is 14.9 Å². The van der Waals surface area contributed by atoms with Crippen LogP contribution < -0.4 is 5.32 Å². The summed E-state index contributed by atoms with van der Waals surface area (Å²) in [6, 6.07) is 4.27. The molecule has 0 spiro atoms. The lowest BCUT2D eigenvalue weighted by atomic mass is 10.1. The summed E-state index contributed by atoms with van der Waals surface area (Å²) in [7, 11) is 0. The average Bonchev–Trinajstić information content (AvgIpc) is 2.92. The van der Waals surface area contributed by atoms with Gasteiger partial charge in [0.15, 0.2) is 0 Å². The lowest BCUT2D eigenvalue weighted by Crippen LogP contribution is -2.40. The first-order valence-corrected chi connectivity index (χ1v) is 7.15. The minimum Gasteiger partial charge on any atom is -0.376 e. The number of rotatable bonds is 4. The van der Waals surface area contributed by atoms with E-state index in [-0.39, 0.29) is 33.8 Å². The quantitative estimate of drug-likeness (QED) is 0.673. The fourth-order valence-corrected chi connectivity index (χ4v) is 2.80. The van der Waals surface area contributed by atoms with Crippen LogP contribution in [0.5, 0.6) is 0 Å². The van der Waals surface area contributed by atoms with E-state index in [0.29, 0.717) is 6.61 Å². The van der Waals surface area contributed by atoms with Gasteiger partial charge in [-0.2, -0.15) is 0 Å². The zero-order chi connectivity index (χ0) is 14.7. The molecule has 0 aromatic heterocycles. The van der Waals surface area contributed by atoms with Crippen molar-refractivity contribution in [2.75, 3.05) is 6.61 Å². The first-order chi connectivity index (χ1) is 9.50. The van der Waals surface area contributed by atoms with E-state index in [9.17, 15) is 14.9 Å². The van der Waals surface area contributed by atoms with Crippen molar-refractivity contribution in [1.82, 2.24) is 5.32 Å². The maximum atomic E-state index is 12.2. The van der Waals surface area contributed by atoms with Gasteiger partial charge in [-0.1, -0.05) is 6.07 Å². The van der Waals surface area contributed by atoms with E-state index < -0.39 is 4.92 Å². The zero-order valence-electron chi connectivity index (χ0n) is 11.0. The van der Waals surface area contributed by atoms with Gasteiger partial charge in [-0.25, -0.2) is 0 Å². The van der Waals surface area contributed by atoms with E-state index >= 15 is 0 Å². The molecular weight excluding hydrogens is 328 g/mol. The monoisotopic (exact) mass is 342 g/mol. The molecule has 2 rings (SSSR count). The highest BCUT2D eigenvalue weighted by Gasteiger charge is 2.26. The van der Waals surface area contributed by atoms with Gasteiger partial charge < -0.3 is 10.1 Å². The normalized spacial score (nSPS) is 19.6. The molecule has 6 nitrogen and oxygen atoms in total. The van der Waals surface area contributed by atoms with Crippen molar-refractivity contribution in [3.63, 3.8) is 0 Å². The van der Waals surface area contributed by atoms with E-state index in [1.54, 1.807) is 6.07 Å². The standard InChI is InChI=1S/C13H15BrN2O4/c1-8(11-6-3-7-20-11)15-13(17)9-4-2-5-10(12(9)14)16(18)19/h2,4-5,8,11H,3,6-7H2,1H3,(H,15,17). The molecule has 1 fully saturated rings. The molecule has 1 aliphatic rings. The van der Waals surface area contributed by atoms with Gasteiger partial charge >= 0.3 is 0 Å². The number of carbonyl (C=O) groups excluding carboxylic acids is 1.